The van der Waals surface area contributed by atoms with Crippen molar-refractivity contribution in [3.63, 3.8) is 0 Å². The molecule has 4 N–H and O–H groups in total. The lowest BCUT2D eigenvalue weighted by Gasteiger charge is -2.10. The lowest BCUT2D eigenvalue weighted by Crippen LogP contribution is -2.20. The molecule has 1 heterocycles. The highest BCUT2D eigenvalue weighted by molar-refractivity contribution is 5.70. The Hall–Kier alpha value is -3.05. The van der Waals surface area contributed by atoms with E-state index in [-0.39, 0.29) is 17.2 Å². The Bertz CT molecular complexity index is 763. The Morgan fingerprint density at radius 2 is 2.05 bits per heavy atom. The van der Waals surface area contributed by atoms with E-state index in [4.69, 9.17) is 20.6 Å². The fourth-order valence-corrected chi connectivity index (χ4v) is 1.84. The molecule has 21 heavy (non-hydrogen) atoms. The number of ether oxygens (including phenoxy) is 2. The van der Waals surface area contributed by atoms with Crippen LogP contribution in [0.15, 0.2) is 23.0 Å². The van der Waals surface area contributed by atoms with E-state index < -0.39 is 5.56 Å². The Labute approximate surface area is 120 Å². The zero-order valence-electron chi connectivity index (χ0n) is 11.4. The monoisotopic (exact) mass is 287 g/mol. The number of nitrogens with zero attached hydrogens (tertiary/aromatic N) is 2. The van der Waals surface area contributed by atoms with Crippen LogP contribution in [0.4, 0.5) is 5.95 Å². The highest BCUT2D eigenvalue weighted by Gasteiger charge is 2.15. The summed E-state index contributed by atoms with van der Waals surface area (Å²) in [6.45, 7) is 0. The Morgan fingerprint density at radius 1 is 1.33 bits per heavy atom. The SMILES string of the molecule is COc1ccc(-c2nc(NN)[nH]c(=O)c2C#N)cc1OC. The van der Waals surface area contributed by atoms with Gasteiger partial charge in [-0.15, -0.1) is 0 Å². The Kier molecular flexibility index (Phi) is 4.06. The molecular formula is C13H13N5O3. The zero-order chi connectivity index (χ0) is 15.4. The summed E-state index contributed by atoms with van der Waals surface area (Å²) in [5.74, 6) is 6.30. The van der Waals surface area contributed by atoms with Gasteiger partial charge in [-0.05, 0) is 18.2 Å². The lowest BCUT2D eigenvalue weighted by atomic mass is 10.1. The highest BCUT2D eigenvalue weighted by Crippen LogP contribution is 2.32. The summed E-state index contributed by atoms with van der Waals surface area (Å²) in [5.41, 5.74) is 2.30. The third-order valence-corrected chi connectivity index (χ3v) is 2.82. The first-order valence-electron chi connectivity index (χ1n) is 5.88. The number of nitrogen functional groups attached to an aromatic ring is 1. The molecule has 2 aromatic rings. The van der Waals surface area contributed by atoms with Gasteiger partial charge in [-0.1, -0.05) is 0 Å². The van der Waals surface area contributed by atoms with E-state index in [1.54, 1.807) is 18.2 Å². The number of hydrogen-bond donors (Lipinski definition) is 3. The number of H-pyrrole nitrogens is 1. The summed E-state index contributed by atoms with van der Waals surface area (Å²) in [7, 11) is 3.01. The zero-order valence-corrected chi connectivity index (χ0v) is 11.4. The minimum Gasteiger partial charge on any atom is -0.493 e. The van der Waals surface area contributed by atoms with Crippen molar-refractivity contribution in [3.05, 3.63) is 34.1 Å². The summed E-state index contributed by atoms with van der Waals surface area (Å²) in [4.78, 5) is 18.3. The van der Waals surface area contributed by atoms with Gasteiger partial charge in [0, 0.05) is 5.56 Å². The normalized spacial score (nSPS) is 9.81. The summed E-state index contributed by atoms with van der Waals surface area (Å²) >= 11 is 0. The smallest absolute Gasteiger partial charge is 0.270 e. The van der Waals surface area contributed by atoms with Crippen LogP contribution < -0.4 is 26.3 Å². The molecule has 0 aliphatic rings. The van der Waals surface area contributed by atoms with Crippen LogP contribution in [0.1, 0.15) is 5.56 Å². The molecule has 2 rings (SSSR count). The summed E-state index contributed by atoms with van der Waals surface area (Å²) < 4.78 is 10.3. The van der Waals surface area contributed by atoms with E-state index in [0.29, 0.717) is 17.1 Å². The topological polar surface area (TPSA) is 126 Å². The van der Waals surface area contributed by atoms with Crippen molar-refractivity contribution >= 4 is 5.95 Å². The molecule has 0 amide bonds. The molecule has 0 atom stereocenters. The average Bonchev–Trinajstić information content (AvgIpc) is 2.53. The number of hydrogen-bond acceptors (Lipinski definition) is 7. The number of nitrogens with one attached hydrogen (secondary N) is 2. The van der Waals surface area contributed by atoms with Crippen molar-refractivity contribution in [1.82, 2.24) is 9.97 Å². The first-order chi connectivity index (χ1) is 10.1. The Balaban J connectivity index is 2.69. The summed E-state index contributed by atoms with van der Waals surface area (Å²) in [6, 6.07) is 6.79. The van der Waals surface area contributed by atoms with E-state index >= 15 is 0 Å². The van der Waals surface area contributed by atoms with Gasteiger partial charge in [0.25, 0.3) is 5.56 Å². The summed E-state index contributed by atoms with van der Waals surface area (Å²) in [6.07, 6.45) is 0. The van der Waals surface area contributed by atoms with Crippen LogP contribution >= 0.6 is 0 Å². The molecule has 0 radical (unpaired) electrons. The van der Waals surface area contributed by atoms with Crippen molar-refractivity contribution < 1.29 is 9.47 Å². The average molecular weight is 287 g/mol. The van der Waals surface area contributed by atoms with Crippen LogP contribution in [0, 0.1) is 11.3 Å². The number of rotatable bonds is 4. The standard InChI is InChI=1S/C13H13N5O3/c1-20-9-4-3-7(5-10(9)21-2)11-8(6-14)12(19)17-13(16-11)18-15/h3-5H,15H2,1-2H3,(H2,16,17,18,19). The molecule has 1 aromatic carbocycles. The maximum absolute atomic E-state index is 11.8. The molecule has 1 aromatic heterocycles. The second-order valence-electron chi connectivity index (χ2n) is 3.96. The van der Waals surface area contributed by atoms with E-state index in [2.05, 4.69) is 15.4 Å². The largest absolute Gasteiger partial charge is 0.493 e. The molecule has 0 bridgehead atoms. The number of benzene rings is 1. The van der Waals surface area contributed by atoms with Gasteiger partial charge in [0.2, 0.25) is 5.95 Å². The van der Waals surface area contributed by atoms with Crippen LogP contribution in [0.3, 0.4) is 0 Å². The lowest BCUT2D eigenvalue weighted by molar-refractivity contribution is 0.355. The number of nitrogens with two attached hydrogens (primary N) is 1. The number of hydrazine groups is 1. The molecular weight excluding hydrogens is 274 g/mol. The van der Waals surface area contributed by atoms with Gasteiger partial charge >= 0.3 is 0 Å². The van der Waals surface area contributed by atoms with Crippen LogP contribution in [0.25, 0.3) is 11.3 Å². The van der Waals surface area contributed by atoms with Gasteiger partial charge in [-0.2, -0.15) is 5.26 Å². The molecule has 8 nitrogen and oxygen atoms in total. The van der Waals surface area contributed by atoms with Crippen molar-refractivity contribution in [2.45, 2.75) is 0 Å². The fraction of sp³-hybridized carbons (Fsp3) is 0.154. The molecule has 0 aliphatic heterocycles. The molecule has 108 valence electrons. The van der Waals surface area contributed by atoms with Crippen molar-refractivity contribution in [2.75, 3.05) is 19.6 Å². The maximum atomic E-state index is 11.8. The van der Waals surface area contributed by atoms with Crippen molar-refractivity contribution in [3.8, 4) is 28.8 Å². The van der Waals surface area contributed by atoms with Gasteiger partial charge in [-0.25, -0.2) is 10.8 Å². The van der Waals surface area contributed by atoms with E-state index in [0.717, 1.165) is 0 Å². The number of methoxy groups -OCH3 is 2. The minimum absolute atomic E-state index is 0.0591. The van der Waals surface area contributed by atoms with Crippen molar-refractivity contribution in [1.29, 1.82) is 5.26 Å². The molecule has 0 saturated carbocycles. The van der Waals surface area contributed by atoms with E-state index in [1.807, 2.05) is 6.07 Å². The Morgan fingerprint density at radius 3 is 2.62 bits per heavy atom. The third-order valence-electron chi connectivity index (χ3n) is 2.82. The first-order valence-corrected chi connectivity index (χ1v) is 5.88. The van der Waals surface area contributed by atoms with Gasteiger partial charge < -0.3 is 9.47 Å². The molecule has 0 unspecified atom stereocenters. The van der Waals surface area contributed by atoms with Crippen LogP contribution in [0.5, 0.6) is 11.5 Å². The predicted octanol–water partition coefficient (Wildman–Crippen LogP) is 0.611. The summed E-state index contributed by atoms with van der Waals surface area (Å²) in [5, 5.41) is 9.13. The molecule has 0 saturated heterocycles. The van der Waals surface area contributed by atoms with Crippen LogP contribution in [0.2, 0.25) is 0 Å². The maximum Gasteiger partial charge on any atom is 0.270 e. The number of aromatic amines is 1. The van der Waals surface area contributed by atoms with E-state index in [1.165, 1.54) is 14.2 Å². The minimum atomic E-state index is -0.578. The van der Waals surface area contributed by atoms with E-state index in [9.17, 15) is 4.79 Å². The third kappa shape index (κ3) is 2.63. The second-order valence-corrected chi connectivity index (χ2v) is 3.96. The van der Waals surface area contributed by atoms with Gasteiger partial charge in [-0.3, -0.25) is 15.2 Å². The van der Waals surface area contributed by atoms with Gasteiger partial charge in [0.05, 0.1) is 19.9 Å². The predicted molar refractivity (Wildman–Crippen MR) is 75.9 cm³/mol. The van der Waals surface area contributed by atoms with Crippen LogP contribution in [-0.4, -0.2) is 24.2 Å². The van der Waals surface area contributed by atoms with Gasteiger partial charge in [0.15, 0.2) is 11.5 Å². The quantitative estimate of drug-likeness (QED) is 0.555. The highest BCUT2D eigenvalue weighted by atomic mass is 16.5. The molecule has 8 heteroatoms. The first kappa shape index (κ1) is 14.4. The molecule has 0 aliphatic carbocycles. The number of anilines is 1. The van der Waals surface area contributed by atoms with Crippen molar-refractivity contribution in [2.24, 2.45) is 5.84 Å². The van der Waals surface area contributed by atoms with Crippen LogP contribution in [-0.2, 0) is 0 Å². The second kappa shape index (κ2) is 5.94. The number of nitriles is 1. The molecule has 0 fully saturated rings. The number of aromatic nitrogens is 2. The van der Waals surface area contributed by atoms with Gasteiger partial charge in [0.1, 0.15) is 11.6 Å². The fourth-order valence-electron chi connectivity index (χ4n) is 1.84. The molecule has 0 spiro atoms.